The van der Waals surface area contributed by atoms with Crippen LogP contribution < -0.4 is 4.57 Å². The van der Waals surface area contributed by atoms with Crippen LogP contribution in [0, 0.1) is 13.8 Å². The number of carbonyl (C=O) groups excluding carboxylic acids is 2. The molecule has 0 N–H and O–H groups in total. The van der Waals surface area contributed by atoms with Crippen LogP contribution in [-0.2, 0) is 4.79 Å². The van der Waals surface area contributed by atoms with Crippen LogP contribution in [0.15, 0.2) is 4.99 Å². The fraction of sp³-hybridized carbons (Fsp3) is 0.684. The van der Waals surface area contributed by atoms with E-state index in [4.69, 9.17) is 4.99 Å². The average Bonchev–Trinajstić information content (AvgIpc) is 3.12. The van der Waals surface area contributed by atoms with Gasteiger partial charge in [0.2, 0.25) is 11.9 Å². The third-order valence-corrected chi connectivity index (χ3v) is 5.77. The first-order valence-corrected chi connectivity index (χ1v) is 9.65. The second kappa shape index (κ2) is 6.85. The number of carbonyl (C=O) groups is 2. The maximum Gasteiger partial charge on any atom is 0.402 e. The number of imidazole rings is 1. The van der Waals surface area contributed by atoms with Gasteiger partial charge in [0.1, 0.15) is 11.4 Å². The van der Waals surface area contributed by atoms with Crippen LogP contribution >= 0.6 is 0 Å². The van der Waals surface area contributed by atoms with Gasteiger partial charge in [0.15, 0.2) is 0 Å². The minimum atomic E-state index is -0.529. The molecule has 1 aromatic rings. The minimum absolute atomic E-state index is 0.156. The van der Waals surface area contributed by atoms with Gasteiger partial charge in [-0.3, -0.25) is 14.6 Å². The Hall–Kier alpha value is -2.18. The van der Waals surface area contributed by atoms with Crippen molar-refractivity contribution in [3.63, 3.8) is 0 Å². The number of amidine groups is 1. The van der Waals surface area contributed by atoms with E-state index in [-0.39, 0.29) is 18.0 Å². The van der Waals surface area contributed by atoms with Crippen LogP contribution in [0.1, 0.15) is 69.9 Å². The minimum Gasteiger partial charge on any atom is -0.270 e. The zero-order chi connectivity index (χ0) is 19.2. The Morgan fingerprint density at radius 2 is 1.88 bits per heavy atom. The van der Waals surface area contributed by atoms with Crippen LogP contribution in [0.25, 0.3) is 0 Å². The van der Waals surface area contributed by atoms with Crippen molar-refractivity contribution in [1.29, 1.82) is 0 Å². The molecular weight excluding hydrogens is 330 g/mol. The van der Waals surface area contributed by atoms with Crippen LogP contribution in [0.4, 0.5) is 10.7 Å². The second-order valence-electron chi connectivity index (χ2n) is 7.38. The summed E-state index contributed by atoms with van der Waals surface area (Å²) >= 11 is 0. The molecule has 0 bridgehead atoms. The number of urea groups is 1. The zero-order valence-corrected chi connectivity index (χ0v) is 16.7. The number of likely N-dealkylation sites (N-methyl/N-ethyl adjacent to an activating group) is 1. The Bertz CT molecular complexity index is 779. The first-order valence-electron chi connectivity index (χ1n) is 9.65. The lowest BCUT2D eigenvalue weighted by Crippen LogP contribution is -2.63. The quantitative estimate of drug-likeness (QED) is 0.578. The van der Waals surface area contributed by atoms with Gasteiger partial charge in [0.25, 0.3) is 5.91 Å². The van der Waals surface area contributed by atoms with Crippen LogP contribution in [-0.4, -0.2) is 45.7 Å². The van der Waals surface area contributed by atoms with Crippen molar-refractivity contribution in [2.45, 2.75) is 72.4 Å². The lowest BCUT2D eigenvalue weighted by atomic mass is 10.1. The summed E-state index contributed by atoms with van der Waals surface area (Å²) in [5.74, 6) is 1.16. The van der Waals surface area contributed by atoms with Gasteiger partial charge in [-0.15, -0.1) is 0 Å². The number of nitrogens with zero attached hydrogens (tertiary/aromatic N) is 5. The number of rotatable bonds is 6. The molecule has 3 heterocycles. The molecule has 142 valence electrons. The highest BCUT2D eigenvalue weighted by atomic mass is 16.2. The number of hydrogen-bond donors (Lipinski definition) is 0. The maximum atomic E-state index is 13.2. The number of aromatic nitrogens is 2. The summed E-state index contributed by atoms with van der Waals surface area (Å²) < 4.78 is 4.20. The number of fused-ring (bicyclic) bond motifs is 3. The second-order valence-corrected chi connectivity index (χ2v) is 7.38. The Kier molecular flexibility index (Phi) is 4.90. The highest BCUT2D eigenvalue weighted by Gasteiger charge is 2.54. The van der Waals surface area contributed by atoms with Gasteiger partial charge in [-0.1, -0.05) is 31.7 Å². The smallest absolute Gasteiger partial charge is 0.270 e. The van der Waals surface area contributed by atoms with Crippen molar-refractivity contribution in [1.82, 2.24) is 14.4 Å². The lowest BCUT2D eigenvalue weighted by molar-refractivity contribution is -0.683. The number of amides is 3. The molecule has 0 spiro atoms. The van der Waals surface area contributed by atoms with Crippen molar-refractivity contribution in [2.75, 3.05) is 13.6 Å². The van der Waals surface area contributed by atoms with Crippen molar-refractivity contribution >= 4 is 23.7 Å². The Morgan fingerprint density at radius 3 is 2.50 bits per heavy atom. The number of unbranched alkanes of at least 4 members (excludes halogenated alkanes) is 2. The largest absolute Gasteiger partial charge is 0.402 e. The molecule has 1 fully saturated rings. The topological polar surface area (TPSA) is 61.8 Å². The van der Waals surface area contributed by atoms with Crippen molar-refractivity contribution < 1.29 is 14.2 Å². The van der Waals surface area contributed by atoms with Gasteiger partial charge >= 0.3 is 12.0 Å². The molecule has 26 heavy (non-hydrogen) atoms. The molecule has 3 amide bonds. The van der Waals surface area contributed by atoms with Crippen LogP contribution in [0.2, 0.25) is 0 Å². The highest BCUT2D eigenvalue weighted by molar-refractivity contribution is 6.19. The molecule has 2 aliphatic rings. The molecule has 0 aromatic carbocycles. The summed E-state index contributed by atoms with van der Waals surface area (Å²) in [5.41, 5.74) is 2.16. The van der Waals surface area contributed by atoms with E-state index in [1.165, 1.54) is 4.90 Å². The Labute approximate surface area is 155 Å². The van der Waals surface area contributed by atoms with Crippen molar-refractivity contribution in [3.8, 4) is 0 Å². The molecular formula is C19H30N5O2+. The van der Waals surface area contributed by atoms with Gasteiger partial charge in [-0.25, -0.2) is 13.9 Å². The number of aliphatic imine (C=N–C) groups is 1. The van der Waals surface area contributed by atoms with Gasteiger partial charge in [0.05, 0.1) is 6.04 Å². The predicted octanol–water partition coefficient (Wildman–Crippen LogP) is 3.03. The van der Waals surface area contributed by atoms with Gasteiger partial charge < -0.3 is 0 Å². The summed E-state index contributed by atoms with van der Waals surface area (Å²) in [7, 11) is 1.72. The van der Waals surface area contributed by atoms with Crippen molar-refractivity contribution in [2.24, 2.45) is 4.99 Å². The maximum absolute atomic E-state index is 13.2. The molecule has 2 unspecified atom stereocenters. The highest BCUT2D eigenvalue weighted by Crippen LogP contribution is 2.33. The molecule has 7 heteroatoms. The molecule has 0 saturated carbocycles. The van der Waals surface area contributed by atoms with Crippen LogP contribution in [0.3, 0.4) is 0 Å². The average molecular weight is 360 g/mol. The SMILES string of the molecule is CCCCCN1C(=O)C2C(=Nc3n(C(C)CC)c(C)c(C)[n+]32)N(C)C1=O. The molecule has 7 nitrogen and oxygen atoms in total. The van der Waals surface area contributed by atoms with E-state index in [0.29, 0.717) is 12.4 Å². The molecule has 0 aliphatic carbocycles. The van der Waals surface area contributed by atoms with Crippen molar-refractivity contribution in [3.05, 3.63) is 11.4 Å². The zero-order valence-electron chi connectivity index (χ0n) is 16.7. The molecule has 2 atom stereocenters. The fourth-order valence-corrected chi connectivity index (χ4v) is 3.90. The van der Waals surface area contributed by atoms with Gasteiger partial charge in [0, 0.05) is 13.6 Å². The Balaban J connectivity index is 2.05. The normalized spacial score (nSPS) is 20.4. The fourth-order valence-electron chi connectivity index (χ4n) is 3.90. The first kappa shape index (κ1) is 18.6. The molecule has 0 radical (unpaired) electrons. The van der Waals surface area contributed by atoms with E-state index in [0.717, 1.165) is 43.0 Å². The van der Waals surface area contributed by atoms with E-state index in [2.05, 4.69) is 32.3 Å². The van der Waals surface area contributed by atoms with E-state index < -0.39 is 6.04 Å². The molecule has 2 aliphatic heterocycles. The molecule has 3 rings (SSSR count). The molecule has 1 aromatic heterocycles. The summed E-state index contributed by atoms with van der Waals surface area (Å²) in [4.78, 5) is 33.6. The third-order valence-electron chi connectivity index (χ3n) is 5.77. The summed E-state index contributed by atoms with van der Waals surface area (Å²) in [6, 6.07) is -0.513. The van der Waals surface area contributed by atoms with Gasteiger partial charge in [-0.2, -0.15) is 0 Å². The third kappa shape index (κ3) is 2.56. The van der Waals surface area contributed by atoms with E-state index in [9.17, 15) is 9.59 Å². The number of imide groups is 1. The Morgan fingerprint density at radius 1 is 1.19 bits per heavy atom. The number of hydrogen-bond acceptors (Lipinski definition) is 3. The lowest BCUT2D eigenvalue weighted by Gasteiger charge is -2.33. The first-order chi connectivity index (χ1) is 12.3. The summed E-state index contributed by atoms with van der Waals surface area (Å²) in [6.45, 7) is 11.0. The van der Waals surface area contributed by atoms with Crippen LogP contribution in [0.5, 0.6) is 0 Å². The summed E-state index contributed by atoms with van der Waals surface area (Å²) in [6.07, 6.45) is 3.87. The van der Waals surface area contributed by atoms with E-state index in [1.807, 2.05) is 11.5 Å². The predicted molar refractivity (Wildman–Crippen MR) is 99.6 cm³/mol. The van der Waals surface area contributed by atoms with E-state index >= 15 is 0 Å². The summed E-state index contributed by atoms with van der Waals surface area (Å²) in [5, 5.41) is 0. The van der Waals surface area contributed by atoms with E-state index in [1.54, 1.807) is 11.9 Å². The standard InChI is InChI=1S/C19H30N5O2/c1-7-9-10-11-22-17(25)15-16(21(6)19(22)26)20-18-23(12(3)8-2)13(4)14(5)24(15)18/h12,15H,7-11H2,1-6H3/q+1. The molecule has 1 saturated heterocycles. The monoisotopic (exact) mass is 360 g/mol. The van der Waals surface area contributed by atoms with Gasteiger partial charge in [-0.05, 0) is 33.6 Å².